The summed E-state index contributed by atoms with van der Waals surface area (Å²) in [6.45, 7) is 11.2. The van der Waals surface area contributed by atoms with Gasteiger partial charge in [0.25, 0.3) is 15.9 Å². The number of amides is 2. The summed E-state index contributed by atoms with van der Waals surface area (Å²) in [7, 11) is -4.14. The van der Waals surface area contributed by atoms with E-state index in [9.17, 15) is 18.0 Å². The van der Waals surface area contributed by atoms with Crippen LogP contribution in [0.2, 0.25) is 0 Å². The molecule has 2 aliphatic rings. The van der Waals surface area contributed by atoms with Crippen LogP contribution in [0, 0.1) is 25.2 Å². The molecule has 2 N–H and O–H groups in total. The van der Waals surface area contributed by atoms with Crippen LogP contribution in [-0.2, 0) is 14.8 Å². The van der Waals surface area contributed by atoms with Gasteiger partial charge in [-0.2, -0.15) is 4.98 Å². The molecule has 11 heteroatoms. The largest absolute Gasteiger partial charge is 0.472 e. The number of anilines is 1. The first-order chi connectivity index (χ1) is 19.8. The number of carbonyl (C=O) groups excluding carboxylic acids is 2. The number of carbonyl (C=O) groups is 2. The molecule has 222 valence electrons. The molecule has 2 unspecified atom stereocenters. The zero-order valence-corrected chi connectivity index (χ0v) is 25.4. The Hall–Kier alpha value is -3.99. The summed E-state index contributed by atoms with van der Waals surface area (Å²) < 4.78 is 35.6. The molecule has 0 radical (unpaired) electrons. The van der Waals surface area contributed by atoms with Gasteiger partial charge in [-0.15, -0.1) is 0 Å². The van der Waals surface area contributed by atoms with E-state index in [-0.39, 0.29) is 52.6 Å². The molecule has 0 aliphatic carbocycles. The van der Waals surface area contributed by atoms with Crippen molar-refractivity contribution in [3.63, 3.8) is 0 Å². The molecule has 42 heavy (non-hydrogen) atoms. The Bertz CT molecular complexity index is 1610. The molecule has 1 fully saturated rings. The van der Waals surface area contributed by atoms with Gasteiger partial charge < -0.3 is 15.0 Å². The third-order valence-corrected chi connectivity index (χ3v) is 8.91. The summed E-state index contributed by atoms with van der Waals surface area (Å²) in [6, 6.07) is 13.4. The lowest BCUT2D eigenvalue weighted by Gasteiger charge is -2.37. The SMILES string of the molecule is Cc1cccc(C)c1-c1cc2nc(n1)NS(=O)(=O)c1cccc(c1)C(=O)N1CC(CC(C(=O)NCCC(C)(C)C)C1)O2. The summed E-state index contributed by atoms with van der Waals surface area (Å²) in [5.74, 6) is -1.03. The number of sulfonamides is 1. The molecule has 3 aromatic rings. The van der Waals surface area contributed by atoms with Gasteiger partial charge in [0.05, 0.1) is 23.1 Å². The first-order valence-electron chi connectivity index (χ1n) is 14.1. The van der Waals surface area contributed by atoms with Crippen LogP contribution >= 0.6 is 0 Å². The van der Waals surface area contributed by atoms with E-state index in [4.69, 9.17) is 4.74 Å². The van der Waals surface area contributed by atoms with Gasteiger partial charge >= 0.3 is 0 Å². The maximum atomic E-state index is 13.6. The van der Waals surface area contributed by atoms with Crippen molar-refractivity contribution in [1.82, 2.24) is 20.2 Å². The highest BCUT2D eigenvalue weighted by Gasteiger charge is 2.36. The number of nitrogens with zero attached hydrogens (tertiary/aromatic N) is 3. The number of aryl methyl sites for hydroxylation is 2. The molecule has 2 atom stereocenters. The van der Waals surface area contributed by atoms with E-state index in [0.29, 0.717) is 18.7 Å². The lowest BCUT2D eigenvalue weighted by molar-refractivity contribution is -0.127. The van der Waals surface area contributed by atoms with Gasteiger partial charge in [0, 0.05) is 30.3 Å². The molecule has 2 aromatic carbocycles. The van der Waals surface area contributed by atoms with Crippen molar-refractivity contribution < 1.29 is 22.7 Å². The van der Waals surface area contributed by atoms with Crippen LogP contribution in [0.25, 0.3) is 11.3 Å². The number of aromatic nitrogens is 2. The van der Waals surface area contributed by atoms with E-state index in [1.165, 1.54) is 18.2 Å². The molecule has 1 saturated heterocycles. The van der Waals surface area contributed by atoms with Crippen molar-refractivity contribution in [2.24, 2.45) is 11.3 Å². The van der Waals surface area contributed by atoms with Gasteiger partial charge in [0.15, 0.2) is 0 Å². The van der Waals surface area contributed by atoms with E-state index >= 15 is 0 Å². The second-order valence-electron chi connectivity index (χ2n) is 12.3. The quantitative estimate of drug-likeness (QED) is 0.462. The maximum Gasteiger partial charge on any atom is 0.264 e. The number of hydrogen-bond donors (Lipinski definition) is 2. The zero-order valence-electron chi connectivity index (χ0n) is 24.6. The second kappa shape index (κ2) is 11.4. The fourth-order valence-electron chi connectivity index (χ4n) is 5.41. The molecule has 0 saturated carbocycles. The number of hydrogen-bond acceptors (Lipinski definition) is 7. The minimum Gasteiger partial charge on any atom is -0.472 e. The van der Waals surface area contributed by atoms with Crippen LogP contribution in [0.1, 0.15) is 55.1 Å². The summed E-state index contributed by atoms with van der Waals surface area (Å²) in [4.78, 5) is 37.3. The monoisotopic (exact) mass is 591 g/mol. The molecule has 2 amide bonds. The van der Waals surface area contributed by atoms with Gasteiger partial charge in [-0.1, -0.05) is 45.0 Å². The van der Waals surface area contributed by atoms with Crippen molar-refractivity contribution in [3.8, 4) is 17.1 Å². The molecule has 2 aliphatic heterocycles. The fourth-order valence-corrected chi connectivity index (χ4v) is 6.39. The van der Waals surface area contributed by atoms with Crippen LogP contribution in [0.15, 0.2) is 53.4 Å². The highest BCUT2D eigenvalue weighted by atomic mass is 32.2. The van der Waals surface area contributed by atoms with Crippen LogP contribution in [-0.4, -0.2) is 60.8 Å². The Morgan fingerprint density at radius 3 is 2.50 bits per heavy atom. The molecule has 10 nitrogen and oxygen atoms in total. The average molecular weight is 592 g/mol. The van der Waals surface area contributed by atoms with E-state index in [1.807, 2.05) is 32.0 Å². The molecule has 5 rings (SSSR count). The van der Waals surface area contributed by atoms with Crippen LogP contribution in [0.3, 0.4) is 0 Å². The molecular weight excluding hydrogens is 554 g/mol. The summed E-state index contributed by atoms with van der Waals surface area (Å²) >= 11 is 0. The average Bonchev–Trinajstić information content (AvgIpc) is 2.91. The van der Waals surface area contributed by atoms with Crippen molar-refractivity contribution in [3.05, 3.63) is 65.2 Å². The van der Waals surface area contributed by atoms with Gasteiger partial charge in [0.2, 0.25) is 17.7 Å². The standard InChI is InChI=1S/C31H37N5O5S/c1-19-8-6-9-20(2)27(19)25-16-26-34-30(33-25)35-42(39,40)24-11-7-10-21(15-24)29(38)36-17-22(14-23(18-36)41-26)28(37)32-13-12-31(3,4)5/h6-11,15-16,22-23H,12-14,17-18H2,1-5H3,(H,32,37)(H,33,34,35). The Labute approximate surface area is 247 Å². The van der Waals surface area contributed by atoms with E-state index < -0.39 is 22.0 Å². The zero-order chi connectivity index (χ0) is 30.2. The predicted molar refractivity (Wildman–Crippen MR) is 160 cm³/mol. The molecule has 6 bridgehead atoms. The van der Waals surface area contributed by atoms with Crippen LogP contribution < -0.4 is 14.8 Å². The van der Waals surface area contributed by atoms with Crippen molar-refractivity contribution >= 4 is 27.8 Å². The Kier molecular flexibility index (Phi) is 7.98. The summed E-state index contributed by atoms with van der Waals surface area (Å²) in [6.07, 6.45) is 0.623. The van der Waals surface area contributed by atoms with Crippen molar-refractivity contribution in [2.45, 2.75) is 58.5 Å². The summed E-state index contributed by atoms with van der Waals surface area (Å²) in [5.41, 5.74) is 3.52. The van der Waals surface area contributed by atoms with E-state index in [2.05, 4.69) is 40.8 Å². The third-order valence-electron chi connectivity index (χ3n) is 7.59. The lowest BCUT2D eigenvalue weighted by atomic mass is 9.91. The summed E-state index contributed by atoms with van der Waals surface area (Å²) in [5, 5.41) is 3.03. The number of nitrogens with one attached hydrogen (secondary N) is 2. The highest BCUT2D eigenvalue weighted by Crippen LogP contribution is 2.31. The molecule has 3 heterocycles. The Balaban J connectivity index is 1.57. The topological polar surface area (TPSA) is 131 Å². The Morgan fingerprint density at radius 2 is 1.79 bits per heavy atom. The lowest BCUT2D eigenvalue weighted by Crippen LogP contribution is -2.52. The highest BCUT2D eigenvalue weighted by molar-refractivity contribution is 7.92. The van der Waals surface area contributed by atoms with Gasteiger partial charge in [-0.3, -0.25) is 9.59 Å². The number of fused-ring (bicyclic) bond motifs is 6. The predicted octanol–water partition coefficient (Wildman–Crippen LogP) is 4.34. The normalized spacial score (nSPS) is 19.8. The van der Waals surface area contributed by atoms with Gasteiger partial charge in [0.1, 0.15) is 6.10 Å². The third kappa shape index (κ3) is 6.56. The van der Waals surface area contributed by atoms with Crippen LogP contribution in [0.4, 0.5) is 5.95 Å². The molecule has 1 aromatic heterocycles. The van der Waals surface area contributed by atoms with Crippen LogP contribution in [0.5, 0.6) is 5.88 Å². The van der Waals surface area contributed by atoms with E-state index in [1.54, 1.807) is 17.0 Å². The van der Waals surface area contributed by atoms with Gasteiger partial charge in [-0.25, -0.2) is 18.1 Å². The Morgan fingerprint density at radius 1 is 1.07 bits per heavy atom. The maximum absolute atomic E-state index is 13.6. The number of piperidine rings is 1. The molecular formula is C31H37N5O5S. The fraction of sp³-hybridized carbons (Fsp3) is 0.419. The molecule has 0 spiro atoms. The van der Waals surface area contributed by atoms with Gasteiger partial charge in [-0.05, 0) is 61.4 Å². The van der Waals surface area contributed by atoms with Crippen molar-refractivity contribution in [2.75, 3.05) is 24.4 Å². The second-order valence-corrected chi connectivity index (χ2v) is 14.0. The van der Waals surface area contributed by atoms with Crippen molar-refractivity contribution in [1.29, 1.82) is 0 Å². The minimum atomic E-state index is -4.14. The number of rotatable bonds is 4. The smallest absolute Gasteiger partial charge is 0.264 e. The first kappa shape index (κ1) is 29.5. The first-order valence-corrected chi connectivity index (χ1v) is 15.6. The number of benzene rings is 2. The minimum absolute atomic E-state index is 0.0665. The number of ether oxygens (including phenoxy) is 1. The van der Waals surface area contributed by atoms with E-state index in [0.717, 1.165) is 23.1 Å².